The van der Waals surface area contributed by atoms with E-state index in [1.807, 2.05) is 30.3 Å². The number of esters is 1. The minimum absolute atomic E-state index is 0.155. The summed E-state index contributed by atoms with van der Waals surface area (Å²) in [6, 6.07) is 15.2. The van der Waals surface area contributed by atoms with Crippen LogP contribution in [-0.4, -0.2) is 29.5 Å². The Hall–Kier alpha value is -4.11. The van der Waals surface area contributed by atoms with Crippen LogP contribution >= 0.6 is 11.3 Å². The fraction of sp³-hybridized carbons (Fsp3) is 0.160. The molecule has 1 atom stereocenters. The molecule has 9 heteroatoms. The van der Waals surface area contributed by atoms with E-state index in [0.29, 0.717) is 27.3 Å². The zero-order valence-corrected chi connectivity index (χ0v) is 19.4. The molecular weight excluding hydrogens is 454 g/mol. The van der Waals surface area contributed by atoms with E-state index in [-0.39, 0.29) is 15.7 Å². The summed E-state index contributed by atoms with van der Waals surface area (Å²) in [7, 11) is 1.28. The van der Waals surface area contributed by atoms with Gasteiger partial charge in [0.15, 0.2) is 4.80 Å². The van der Waals surface area contributed by atoms with Gasteiger partial charge in [0.1, 0.15) is 4.53 Å². The Morgan fingerprint density at radius 3 is 2.38 bits per heavy atom. The summed E-state index contributed by atoms with van der Waals surface area (Å²) in [5.41, 5.74) is 2.03. The van der Waals surface area contributed by atoms with Crippen LogP contribution in [0.4, 0.5) is 5.69 Å². The lowest BCUT2D eigenvalue weighted by Crippen LogP contribution is -2.41. The van der Waals surface area contributed by atoms with E-state index >= 15 is 0 Å². The summed E-state index contributed by atoms with van der Waals surface area (Å²) in [4.78, 5) is 58.1. The maximum absolute atomic E-state index is 13.8. The van der Waals surface area contributed by atoms with Crippen LogP contribution in [0.25, 0.3) is 5.57 Å². The van der Waals surface area contributed by atoms with Crippen LogP contribution < -0.4 is 19.8 Å². The first-order valence-electron chi connectivity index (χ1n) is 10.5. The second-order valence-electron chi connectivity index (χ2n) is 7.86. The first kappa shape index (κ1) is 21.7. The Labute approximate surface area is 197 Å². The number of anilines is 1. The van der Waals surface area contributed by atoms with Crippen LogP contribution in [0.1, 0.15) is 31.0 Å². The third kappa shape index (κ3) is 3.08. The zero-order chi connectivity index (χ0) is 24.1. The topological polar surface area (TPSA) is 98.0 Å². The Balaban J connectivity index is 1.86. The minimum Gasteiger partial charge on any atom is -0.466 e. The van der Waals surface area contributed by atoms with Gasteiger partial charge in [-0.3, -0.25) is 19.0 Å². The summed E-state index contributed by atoms with van der Waals surface area (Å²) >= 11 is 1.07. The van der Waals surface area contributed by atoms with Crippen molar-refractivity contribution in [2.24, 2.45) is 4.99 Å². The average Bonchev–Trinajstić information content (AvgIpc) is 3.30. The third-order valence-electron chi connectivity index (χ3n) is 5.89. The van der Waals surface area contributed by atoms with E-state index in [0.717, 1.165) is 16.2 Å². The molecule has 0 spiro atoms. The summed E-state index contributed by atoms with van der Waals surface area (Å²) in [5, 5.41) is 0. The van der Waals surface area contributed by atoms with Gasteiger partial charge >= 0.3 is 5.97 Å². The number of rotatable bonds is 2. The van der Waals surface area contributed by atoms with Gasteiger partial charge in [0.2, 0.25) is 5.91 Å². The number of allylic oxidation sites excluding steroid dienone is 1. The highest BCUT2D eigenvalue weighted by atomic mass is 32.1. The fourth-order valence-corrected chi connectivity index (χ4v) is 5.58. The van der Waals surface area contributed by atoms with Crippen molar-refractivity contribution in [1.82, 2.24) is 4.57 Å². The van der Waals surface area contributed by atoms with Crippen molar-refractivity contribution < 1.29 is 19.1 Å². The van der Waals surface area contributed by atoms with Crippen LogP contribution in [0.3, 0.4) is 0 Å². The summed E-state index contributed by atoms with van der Waals surface area (Å²) in [5.74, 6) is -1.58. The molecule has 2 amide bonds. The van der Waals surface area contributed by atoms with Gasteiger partial charge in [-0.05, 0) is 18.6 Å². The van der Waals surface area contributed by atoms with Gasteiger partial charge in [-0.15, -0.1) is 0 Å². The van der Waals surface area contributed by atoms with Crippen molar-refractivity contribution >= 4 is 40.4 Å². The van der Waals surface area contributed by atoms with Gasteiger partial charge in [-0.1, -0.05) is 59.9 Å². The lowest BCUT2D eigenvalue weighted by atomic mass is 9.96. The molecular formula is C25H19N3O5S. The molecule has 34 heavy (non-hydrogen) atoms. The highest BCUT2D eigenvalue weighted by Crippen LogP contribution is 2.35. The Bertz CT molecular complexity index is 1600. The largest absolute Gasteiger partial charge is 0.466 e. The number of ether oxygens (including phenoxy) is 1. The van der Waals surface area contributed by atoms with Crippen molar-refractivity contribution in [3.8, 4) is 0 Å². The van der Waals surface area contributed by atoms with E-state index in [1.54, 1.807) is 31.2 Å². The van der Waals surface area contributed by atoms with Crippen LogP contribution in [0.15, 0.2) is 75.7 Å². The second kappa shape index (κ2) is 8.03. The normalized spacial score (nSPS) is 18.4. The van der Waals surface area contributed by atoms with E-state index in [4.69, 9.17) is 4.74 Å². The third-order valence-corrected chi connectivity index (χ3v) is 6.94. The van der Waals surface area contributed by atoms with Crippen molar-refractivity contribution in [3.05, 3.63) is 96.7 Å². The molecule has 0 aliphatic carbocycles. The van der Waals surface area contributed by atoms with Crippen molar-refractivity contribution in [3.63, 3.8) is 0 Å². The fourth-order valence-electron chi connectivity index (χ4n) is 4.44. The number of imide groups is 1. The molecule has 3 heterocycles. The number of para-hydroxylation sites is 1. The molecule has 3 aromatic rings. The van der Waals surface area contributed by atoms with Crippen molar-refractivity contribution in [2.45, 2.75) is 19.9 Å². The van der Waals surface area contributed by atoms with Crippen molar-refractivity contribution in [1.29, 1.82) is 0 Å². The molecule has 8 nitrogen and oxygen atoms in total. The number of methoxy groups -OCH3 is 1. The molecule has 0 N–H and O–H groups in total. The summed E-state index contributed by atoms with van der Waals surface area (Å²) in [6.45, 7) is 3.00. The molecule has 2 aliphatic rings. The number of benzene rings is 2. The summed E-state index contributed by atoms with van der Waals surface area (Å²) < 4.78 is 6.60. The number of carbonyl (C=O) groups excluding carboxylic acids is 3. The Morgan fingerprint density at radius 1 is 1.03 bits per heavy atom. The number of hydrogen-bond acceptors (Lipinski definition) is 7. The molecule has 0 radical (unpaired) electrons. The molecule has 1 aromatic heterocycles. The van der Waals surface area contributed by atoms with Gasteiger partial charge in [0.05, 0.1) is 35.7 Å². The molecule has 0 saturated carbocycles. The van der Waals surface area contributed by atoms with E-state index in [2.05, 4.69) is 4.99 Å². The number of thiazole rings is 1. The van der Waals surface area contributed by atoms with Crippen LogP contribution in [-0.2, 0) is 19.1 Å². The molecule has 0 bridgehead atoms. The zero-order valence-electron chi connectivity index (χ0n) is 18.6. The number of amides is 2. The van der Waals surface area contributed by atoms with E-state index < -0.39 is 29.4 Å². The Kier molecular flexibility index (Phi) is 5.13. The number of fused-ring (bicyclic) bond motifs is 2. The maximum Gasteiger partial charge on any atom is 0.338 e. The number of aromatic nitrogens is 1. The first-order valence-corrected chi connectivity index (χ1v) is 11.3. The van der Waals surface area contributed by atoms with Gasteiger partial charge in [0, 0.05) is 12.5 Å². The average molecular weight is 474 g/mol. The quantitative estimate of drug-likeness (QED) is 0.528. The van der Waals surface area contributed by atoms with Gasteiger partial charge in [-0.25, -0.2) is 14.7 Å². The number of carbonyl (C=O) groups is 3. The Morgan fingerprint density at radius 2 is 1.71 bits per heavy atom. The number of hydrogen-bond donors (Lipinski definition) is 0. The van der Waals surface area contributed by atoms with Crippen LogP contribution in [0.2, 0.25) is 0 Å². The molecule has 0 fully saturated rings. The highest BCUT2D eigenvalue weighted by Gasteiger charge is 2.38. The van der Waals surface area contributed by atoms with Gasteiger partial charge < -0.3 is 4.74 Å². The minimum atomic E-state index is -0.769. The SMILES string of the molecule is COC(=O)C1=C(C)N=c2s/c(=C3\C(=O)N(C(C)=O)c4ccccc43)c(=O)n2[C@@H]1c1ccccc1. The smallest absolute Gasteiger partial charge is 0.338 e. The van der Waals surface area contributed by atoms with E-state index in [9.17, 15) is 19.2 Å². The number of nitrogens with zero attached hydrogens (tertiary/aromatic N) is 3. The van der Waals surface area contributed by atoms with Gasteiger partial charge in [-0.2, -0.15) is 0 Å². The highest BCUT2D eigenvalue weighted by molar-refractivity contribution is 7.07. The monoisotopic (exact) mass is 473 g/mol. The summed E-state index contributed by atoms with van der Waals surface area (Å²) in [6.07, 6.45) is 0. The predicted molar refractivity (Wildman–Crippen MR) is 126 cm³/mol. The standard InChI is InChI=1S/C25H19N3O5S/c1-13-18(24(32)33-3)20(15-9-5-4-6-10-15)28-23(31)21(34-25(28)26-13)19-16-11-7-8-12-17(16)27(14(2)29)22(19)30/h4-12,20H,1-3H3/b21-19-/t20-/m1/s1. The van der Waals surface area contributed by atoms with E-state index in [1.165, 1.54) is 18.6 Å². The lowest BCUT2D eigenvalue weighted by molar-refractivity contribution is -0.136. The van der Waals surface area contributed by atoms with Crippen LogP contribution in [0.5, 0.6) is 0 Å². The van der Waals surface area contributed by atoms with Crippen LogP contribution in [0, 0.1) is 0 Å². The molecule has 2 aromatic carbocycles. The predicted octanol–water partition coefficient (Wildman–Crippen LogP) is 1.67. The first-order chi connectivity index (χ1) is 16.3. The molecule has 2 aliphatic heterocycles. The molecule has 5 rings (SSSR count). The lowest BCUT2D eigenvalue weighted by Gasteiger charge is -2.24. The van der Waals surface area contributed by atoms with Crippen molar-refractivity contribution in [2.75, 3.05) is 12.0 Å². The van der Waals surface area contributed by atoms with Gasteiger partial charge in [0.25, 0.3) is 11.5 Å². The molecule has 0 unspecified atom stereocenters. The maximum atomic E-state index is 13.8. The molecule has 170 valence electrons. The molecule has 0 saturated heterocycles. The second-order valence-corrected chi connectivity index (χ2v) is 8.83.